The Morgan fingerprint density at radius 1 is 1.08 bits per heavy atom. The van der Waals surface area contributed by atoms with Crippen LogP contribution >= 0.6 is 0 Å². The highest BCUT2D eigenvalue weighted by atomic mass is 32.2. The van der Waals surface area contributed by atoms with Crippen molar-refractivity contribution in [2.45, 2.75) is 13.0 Å². The summed E-state index contributed by atoms with van der Waals surface area (Å²) in [4.78, 5) is 11.8. The molecule has 0 fully saturated rings. The molecule has 0 atom stereocenters. The minimum Gasteiger partial charge on any atom is -0.326 e. The molecule has 1 amide bonds. The average Bonchev–Trinajstić information content (AvgIpc) is 2.57. The van der Waals surface area contributed by atoms with Gasteiger partial charge in [0.2, 0.25) is 15.9 Å². The highest BCUT2D eigenvalue weighted by molar-refractivity contribution is 7.89. The van der Waals surface area contributed by atoms with Gasteiger partial charge in [0.15, 0.2) is 11.6 Å². The second-order valence-electron chi connectivity index (χ2n) is 5.48. The minimum absolute atomic E-state index is 0.0685. The Morgan fingerprint density at radius 3 is 2.40 bits per heavy atom. The van der Waals surface area contributed by atoms with Gasteiger partial charge in [-0.3, -0.25) is 4.79 Å². The van der Waals surface area contributed by atoms with Crippen LogP contribution in [0.3, 0.4) is 0 Å². The summed E-state index contributed by atoms with van der Waals surface area (Å²) in [5.41, 5.74) is 0.902. The standard InChI is InChI=1S/C17H18F2N2O3S/c1-21(12-13-5-3-2-4-6-13)25(23,24)10-9-17(22)20-14-7-8-15(18)16(19)11-14/h2-8,11H,9-10,12H2,1H3,(H,20,22). The second-order valence-corrected chi connectivity index (χ2v) is 7.68. The lowest BCUT2D eigenvalue weighted by molar-refractivity contribution is -0.115. The maximum absolute atomic E-state index is 13.1. The number of benzene rings is 2. The topological polar surface area (TPSA) is 66.5 Å². The molecule has 2 rings (SSSR count). The highest BCUT2D eigenvalue weighted by Crippen LogP contribution is 2.14. The summed E-state index contributed by atoms with van der Waals surface area (Å²) in [7, 11) is -2.18. The van der Waals surface area contributed by atoms with Gasteiger partial charge in [-0.2, -0.15) is 0 Å². The van der Waals surface area contributed by atoms with E-state index >= 15 is 0 Å². The van der Waals surface area contributed by atoms with Crippen molar-refractivity contribution < 1.29 is 22.0 Å². The zero-order valence-corrected chi connectivity index (χ0v) is 14.4. The summed E-state index contributed by atoms with van der Waals surface area (Å²) in [6.45, 7) is 0.202. The molecule has 0 aromatic heterocycles. The molecule has 0 saturated heterocycles. The Morgan fingerprint density at radius 2 is 1.76 bits per heavy atom. The Labute approximate surface area is 145 Å². The molecule has 134 valence electrons. The Hall–Kier alpha value is -2.32. The van der Waals surface area contributed by atoms with Gasteiger partial charge in [-0.25, -0.2) is 21.5 Å². The average molecular weight is 368 g/mol. The van der Waals surface area contributed by atoms with E-state index in [1.54, 1.807) is 0 Å². The van der Waals surface area contributed by atoms with Gasteiger partial charge in [-0.1, -0.05) is 30.3 Å². The van der Waals surface area contributed by atoms with Crippen LogP contribution < -0.4 is 5.32 Å². The molecule has 0 aliphatic rings. The molecule has 0 bridgehead atoms. The Kier molecular flexibility index (Phi) is 6.22. The van der Waals surface area contributed by atoms with Crippen LogP contribution in [0.4, 0.5) is 14.5 Å². The van der Waals surface area contributed by atoms with Gasteiger partial charge in [-0.15, -0.1) is 0 Å². The van der Waals surface area contributed by atoms with E-state index in [1.807, 2.05) is 30.3 Å². The summed E-state index contributed by atoms with van der Waals surface area (Å²) in [5, 5.41) is 2.34. The third-order valence-corrected chi connectivity index (χ3v) is 5.31. The molecule has 0 saturated carbocycles. The number of hydrogen-bond donors (Lipinski definition) is 1. The van der Waals surface area contributed by atoms with E-state index in [1.165, 1.54) is 17.4 Å². The molecule has 0 aliphatic carbocycles. The first-order chi connectivity index (χ1) is 11.8. The van der Waals surface area contributed by atoms with Gasteiger partial charge in [0.1, 0.15) is 0 Å². The summed E-state index contributed by atoms with van der Waals surface area (Å²) >= 11 is 0. The molecule has 5 nitrogen and oxygen atoms in total. The van der Waals surface area contributed by atoms with Crippen molar-refractivity contribution in [2.75, 3.05) is 18.1 Å². The number of carbonyl (C=O) groups excluding carboxylic acids is 1. The van der Waals surface area contributed by atoms with Crippen molar-refractivity contribution in [3.05, 3.63) is 65.7 Å². The van der Waals surface area contributed by atoms with E-state index in [0.717, 1.165) is 17.7 Å². The number of sulfonamides is 1. The normalized spacial score (nSPS) is 11.5. The fourth-order valence-electron chi connectivity index (χ4n) is 2.11. The molecule has 0 radical (unpaired) electrons. The first-order valence-electron chi connectivity index (χ1n) is 7.51. The monoisotopic (exact) mass is 368 g/mol. The largest absolute Gasteiger partial charge is 0.326 e. The van der Waals surface area contributed by atoms with Crippen molar-refractivity contribution in [1.82, 2.24) is 4.31 Å². The maximum Gasteiger partial charge on any atom is 0.225 e. The molecule has 0 unspecified atom stereocenters. The van der Waals surface area contributed by atoms with Crippen LogP contribution in [0, 0.1) is 11.6 Å². The molecule has 1 N–H and O–H groups in total. The van der Waals surface area contributed by atoms with Crippen molar-refractivity contribution in [2.24, 2.45) is 0 Å². The highest BCUT2D eigenvalue weighted by Gasteiger charge is 2.19. The molecule has 2 aromatic rings. The second kappa shape index (κ2) is 8.17. The number of hydrogen-bond acceptors (Lipinski definition) is 3. The summed E-state index contributed by atoms with van der Waals surface area (Å²) in [6.07, 6.45) is -0.291. The number of carbonyl (C=O) groups is 1. The lowest BCUT2D eigenvalue weighted by atomic mass is 10.2. The van der Waals surface area contributed by atoms with Crippen LogP contribution in [-0.4, -0.2) is 31.4 Å². The summed E-state index contributed by atoms with van der Waals surface area (Å²) in [5.74, 6) is -3.09. The number of anilines is 1. The van der Waals surface area contributed by atoms with Gasteiger partial charge < -0.3 is 5.32 Å². The Balaban J connectivity index is 1.89. The van der Waals surface area contributed by atoms with Crippen LogP contribution in [0.25, 0.3) is 0 Å². The van der Waals surface area contributed by atoms with Crippen LogP contribution in [0.5, 0.6) is 0 Å². The summed E-state index contributed by atoms with van der Waals surface area (Å²) in [6, 6.07) is 12.0. The molecule has 8 heteroatoms. The SMILES string of the molecule is CN(Cc1ccccc1)S(=O)(=O)CCC(=O)Nc1ccc(F)c(F)c1. The third-order valence-electron chi connectivity index (χ3n) is 3.51. The van der Waals surface area contributed by atoms with E-state index < -0.39 is 27.6 Å². The summed E-state index contributed by atoms with van der Waals surface area (Å²) < 4.78 is 51.6. The molecule has 0 spiro atoms. The lowest BCUT2D eigenvalue weighted by Gasteiger charge is -2.17. The number of halogens is 2. The predicted octanol–water partition coefficient (Wildman–Crippen LogP) is 2.76. The van der Waals surface area contributed by atoms with E-state index in [0.29, 0.717) is 0 Å². The van der Waals surface area contributed by atoms with E-state index in [9.17, 15) is 22.0 Å². The molecule has 25 heavy (non-hydrogen) atoms. The molecular weight excluding hydrogens is 350 g/mol. The van der Waals surface area contributed by atoms with Gasteiger partial charge >= 0.3 is 0 Å². The van der Waals surface area contributed by atoms with Crippen LogP contribution in [0.2, 0.25) is 0 Å². The number of nitrogens with zero attached hydrogens (tertiary/aromatic N) is 1. The number of amides is 1. The van der Waals surface area contributed by atoms with E-state index in [4.69, 9.17) is 0 Å². The van der Waals surface area contributed by atoms with Crippen molar-refractivity contribution in [1.29, 1.82) is 0 Å². The van der Waals surface area contributed by atoms with Crippen molar-refractivity contribution >= 4 is 21.6 Å². The van der Waals surface area contributed by atoms with Crippen LogP contribution in [0.15, 0.2) is 48.5 Å². The smallest absolute Gasteiger partial charge is 0.225 e. The number of nitrogens with one attached hydrogen (secondary N) is 1. The van der Waals surface area contributed by atoms with E-state index in [2.05, 4.69) is 5.32 Å². The van der Waals surface area contributed by atoms with Crippen LogP contribution in [-0.2, 0) is 21.4 Å². The lowest BCUT2D eigenvalue weighted by Crippen LogP contribution is -2.30. The van der Waals surface area contributed by atoms with Crippen molar-refractivity contribution in [3.8, 4) is 0 Å². The zero-order valence-electron chi connectivity index (χ0n) is 13.6. The van der Waals surface area contributed by atoms with Gasteiger partial charge in [-0.05, 0) is 17.7 Å². The van der Waals surface area contributed by atoms with E-state index in [-0.39, 0.29) is 24.4 Å². The number of rotatable bonds is 7. The van der Waals surface area contributed by atoms with Gasteiger partial charge in [0.05, 0.1) is 5.75 Å². The van der Waals surface area contributed by atoms with Crippen molar-refractivity contribution in [3.63, 3.8) is 0 Å². The molecular formula is C17H18F2N2O3S. The fraction of sp³-hybridized carbons (Fsp3) is 0.235. The maximum atomic E-state index is 13.1. The third kappa shape index (κ3) is 5.61. The molecule has 0 heterocycles. The zero-order chi connectivity index (χ0) is 18.4. The minimum atomic E-state index is -3.62. The van der Waals surface area contributed by atoms with Gasteiger partial charge in [0, 0.05) is 31.8 Å². The fourth-order valence-corrected chi connectivity index (χ4v) is 3.21. The van der Waals surface area contributed by atoms with Crippen LogP contribution in [0.1, 0.15) is 12.0 Å². The van der Waals surface area contributed by atoms with Gasteiger partial charge in [0.25, 0.3) is 0 Å². The first-order valence-corrected chi connectivity index (χ1v) is 9.12. The predicted molar refractivity (Wildman–Crippen MR) is 91.3 cm³/mol. The molecule has 0 aliphatic heterocycles. The molecule has 2 aromatic carbocycles. The quantitative estimate of drug-likeness (QED) is 0.817. The first kappa shape index (κ1) is 19.0. The Bertz CT molecular complexity index is 842.